The predicted octanol–water partition coefficient (Wildman–Crippen LogP) is 3.67. The first-order valence-corrected chi connectivity index (χ1v) is 8.02. The maximum Gasteiger partial charge on any atom is 0.0303 e. The Balaban J connectivity index is 2.50. The number of nitrogens with zero attached hydrogens (tertiary/aromatic N) is 1. The van der Waals surface area contributed by atoms with Crippen LogP contribution in [0.25, 0.3) is 0 Å². The molecule has 0 spiro atoms. The van der Waals surface area contributed by atoms with E-state index in [0.29, 0.717) is 11.6 Å². The van der Waals surface area contributed by atoms with E-state index in [1.165, 1.54) is 45.2 Å². The van der Waals surface area contributed by atoms with Gasteiger partial charge in [0, 0.05) is 24.7 Å². The van der Waals surface area contributed by atoms with Gasteiger partial charge in [-0.25, -0.2) is 0 Å². The average Bonchev–Trinajstić information content (AvgIpc) is 2.36. The lowest BCUT2D eigenvalue weighted by atomic mass is 9.89. The maximum atomic E-state index is 3.75. The van der Waals surface area contributed by atoms with Crippen LogP contribution in [0.1, 0.15) is 66.7 Å². The van der Waals surface area contributed by atoms with Gasteiger partial charge in [-0.1, -0.05) is 47.0 Å². The highest BCUT2D eigenvalue weighted by molar-refractivity contribution is 4.95. The van der Waals surface area contributed by atoms with Crippen LogP contribution in [0.3, 0.4) is 0 Å². The SMILES string of the molecule is CCCCCCN1CC(C(C)C)NCC1(C)CC. The second-order valence-electron chi connectivity index (χ2n) is 6.59. The summed E-state index contributed by atoms with van der Waals surface area (Å²) in [6, 6.07) is 0.677. The molecule has 0 saturated carbocycles. The van der Waals surface area contributed by atoms with E-state index in [0.717, 1.165) is 12.5 Å². The predicted molar refractivity (Wildman–Crippen MR) is 81.0 cm³/mol. The minimum absolute atomic E-state index is 0.373. The first-order chi connectivity index (χ1) is 8.53. The van der Waals surface area contributed by atoms with Crippen molar-refractivity contribution in [3.05, 3.63) is 0 Å². The number of nitrogens with one attached hydrogen (secondary N) is 1. The normalized spacial score (nSPS) is 30.0. The lowest BCUT2D eigenvalue weighted by Gasteiger charge is -2.49. The van der Waals surface area contributed by atoms with Gasteiger partial charge in [-0.15, -0.1) is 0 Å². The topological polar surface area (TPSA) is 15.3 Å². The maximum absolute atomic E-state index is 3.75. The fourth-order valence-electron chi connectivity index (χ4n) is 2.87. The molecular weight excluding hydrogens is 220 g/mol. The van der Waals surface area contributed by atoms with Crippen molar-refractivity contribution in [1.82, 2.24) is 10.2 Å². The summed E-state index contributed by atoms with van der Waals surface area (Å²) in [5.74, 6) is 0.740. The van der Waals surface area contributed by atoms with Crippen molar-refractivity contribution in [2.24, 2.45) is 5.92 Å². The van der Waals surface area contributed by atoms with Gasteiger partial charge < -0.3 is 5.32 Å². The summed E-state index contributed by atoms with van der Waals surface area (Å²) < 4.78 is 0. The molecule has 0 amide bonds. The summed E-state index contributed by atoms with van der Waals surface area (Å²) in [4.78, 5) is 2.75. The van der Waals surface area contributed by atoms with Gasteiger partial charge in [0.2, 0.25) is 0 Å². The molecule has 2 nitrogen and oxygen atoms in total. The van der Waals surface area contributed by atoms with Crippen LogP contribution in [-0.4, -0.2) is 36.1 Å². The molecule has 108 valence electrons. The molecule has 2 unspecified atom stereocenters. The Labute approximate surface area is 115 Å². The highest BCUT2D eigenvalue weighted by Crippen LogP contribution is 2.25. The summed E-state index contributed by atoms with van der Waals surface area (Å²) in [6.45, 7) is 15.4. The molecule has 1 saturated heterocycles. The zero-order valence-electron chi connectivity index (χ0n) is 13.3. The van der Waals surface area contributed by atoms with Crippen LogP contribution in [0, 0.1) is 5.92 Å². The minimum Gasteiger partial charge on any atom is -0.311 e. The van der Waals surface area contributed by atoms with Gasteiger partial charge in [0.05, 0.1) is 0 Å². The quantitative estimate of drug-likeness (QED) is 0.697. The summed E-state index contributed by atoms with van der Waals surface area (Å²) in [6.07, 6.45) is 6.74. The molecule has 0 radical (unpaired) electrons. The number of rotatable bonds is 7. The van der Waals surface area contributed by atoms with E-state index >= 15 is 0 Å². The van der Waals surface area contributed by atoms with Gasteiger partial charge in [0.25, 0.3) is 0 Å². The van der Waals surface area contributed by atoms with Crippen LogP contribution >= 0.6 is 0 Å². The van der Waals surface area contributed by atoms with Crippen LogP contribution in [0.5, 0.6) is 0 Å². The molecule has 0 aliphatic carbocycles. The van der Waals surface area contributed by atoms with E-state index in [9.17, 15) is 0 Å². The van der Waals surface area contributed by atoms with E-state index < -0.39 is 0 Å². The second-order valence-corrected chi connectivity index (χ2v) is 6.59. The largest absolute Gasteiger partial charge is 0.311 e. The number of unbranched alkanes of at least 4 members (excludes halogenated alkanes) is 3. The summed E-state index contributed by atoms with van der Waals surface area (Å²) in [5.41, 5.74) is 0.373. The number of piperazine rings is 1. The fourth-order valence-corrected chi connectivity index (χ4v) is 2.87. The summed E-state index contributed by atoms with van der Waals surface area (Å²) in [5, 5.41) is 3.75. The number of hydrogen-bond acceptors (Lipinski definition) is 2. The Kier molecular flexibility index (Phi) is 6.65. The Hall–Kier alpha value is -0.0800. The molecule has 1 aliphatic rings. The smallest absolute Gasteiger partial charge is 0.0303 e. The molecule has 0 aromatic heterocycles. The Morgan fingerprint density at radius 1 is 1.22 bits per heavy atom. The van der Waals surface area contributed by atoms with E-state index in [-0.39, 0.29) is 0 Å². The highest BCUT2D eigenvalue weighted by Gasteiger charge is 2.36. The molecule has 1 rings (SSSR count). The van der Waals surface area contributed by atoms with E-state index in [2.05, 4.69) is 44.8 Å². The molecule has 0 aromatic carbocycles. The molecule has 0 bridgehead atoms. The lowest BCUT2D eigenvalue weighted by molar-refractivity contribution is 0.0372. The molecule has 18 heavy (non-hydrogen) atoms. The van der Waals surface area contributed by atoms with Crippen molar-refractivity contribution in [3.63, 3.8) is 0 Å². The van der Waals surface area contributed by atoms with Crippen LogP contribution in [0.2, 0.25) is 0 Å². The minimum atomic E-state index is 0.373. The molecular formula is C16H34N2. The second kappa shape index (κ2) is 7.49. The highest BCUT2D eigenvalue weighted by atomic mass is 15.3. The standard InChI is InChI=1S/C16H34N2/c1-6-8-9-10-11-18-12-15(14(3)4)17-13-16(18,5)7-2/h14-15,17H,6-13H2,1-5H3. The van der Waals surface area contributed by atoms with Gasteiger partial charge in [0.15, 0.2) is 0 Å². The first-order valence-electron chi connectivity index (χ1n) is 8.02. The van der Waals surface area contributed by atoms with Gasteiger partial charge >= 0.3 is 0 Å². The van der Waals surface area contributed by atoms with E-state index in [1.54, 1.807) is 0 Å². The molecule has 1 N–H and O–H groups in total. The molecule has 1 heterocycles. The van der Waals surface area contributed by atoms with Crippen LogP contribution in [0.15, 0.2) is 0 Å². The molecule has 1 aliphatic heterocycles. The zero-order chi connectivity index (χ0) is 13.6. The van der Waals surface area contributed by atoms with Crippen molar-refractivity contribution < 1.29 is 0 Å². The first kappa shape index (κ1) is 16.0. The van der Waals surface area contributed by atoms with Crippen molar-refractivity contribution in [1.29, 1.82) is 0 Å². The van der Waals surface area contributed by atoms with Crippen LogP contribution < -0.4 is 5.32 Å². The third-order valence-corrected chi connectivity index (χ3v) is 4.77. The van der Waals surface area contributed by atoms with Gasteiger partial charge in [-0.2, -0.15) is 0 Å². The Morgan fingerprint density at radius 3 is 2.50 bits per heavy atom. The Morgan fingerprint density at radius 2 is 1.94 bits per heavy atom. The Bertz CT molecular complexity index is 227. The van der Waals surface area contributed by atoms with Crippen molar-refractivity contribution in [3.8, 4) is 0 Å². The third-order valence-electron chi connectivity index (χ3n) is 4.77. The van der Waals surface area contributed by atoms with E-state index in [4.69, 9.17) is 0 Å². The van der Waals surface area contributed by atoms with Crippen molar-refractivity contribution in [2.75, 3.05) is 19.6 Å². The third kappa shape index (κ3) is 4.24. The van der Waals surface area contributed by atoms with Gasteiger partial charge in [-0.05, 0) is 32.2 Å². The fraction of sp³-hybridized carbons (Fsp3) is 1.00. The van der Waals surface area contributed by atoms with Crippen LogP contribution in [0.4, 0.5) is 0 Å². The van der Waals surface area contributed by atoms with Gasteiger partial charge in [-0.3, -0.25) is 4.90 Å². The zero-order valence-corrected chi connectivity index (χ0v) is 13.3. The summed E-state index contributed by atoms with van der Waals surface area (Å²) in [7, 11) is 0. The van der Waals surface area contributed by atoms with Crippen molar-refractivity contribution in [2.45, 2.75) is 78.3 Å². The van der Waals surface area contributed by atoms with Crippen LogP contribution in [-0.2, 0) is 0 Å². The molecule has 0 aromatic rings. The molecule has 2 atom stereocenters. The number of hydrogen-bond donors (Lipinski definition) is 1. The molecule has 2 heteroatoms. The molecule has 1 fully saturated rings. The van der Waals surface area contributed by atoms with Gasteiger partial charge in [0.1, 0.15) is 0 Å². The van der Waals surface area contributed by atoms with Crippen molar-refractivity contribution >= 4 is 0 Å². The van der Waals surface area contributed by atoms with E-state index in [1.807, 2.05) is 0 Å². The summed E-state index contributed by atoms with van der Waals surface area (Å²) >= 11 is 0. The monoisotopic (exact) mass is 254 g/mol. The average molecular weight is 254 g/mol. The lowest BCUT2D eigenvalue weighted by Crippen LogP contribution is -2.64.